The number of hydrogen-bond acceptors (Lipinski definition) is 8. The lowest BCUT2D eigenvalue weighted by Gasteiger charge is -2.35. The van der Waals surface area contributed by atoms with Gasteiger partial charge in [0.05, 0.1) is 18.3 Å². The second-order valence-electron chi connectivity index (χ2n) is 12.8. The van der Waals surface area contributed by atoms with Crippen LogP contribution >= 0.6 is 11.6 Å². The van der Waals surface area contributed by atoms with Crippen LogP contribution in [0.15, 0.2) is 30.3 Å². The van der Waals surface area contributed by atoms with E-state index in [2.05, 4.69) is 21.4 Å². The van der Waals surface area contributed by atoms with Crippen LogP contribution in [0.3, 0.4) is 0 Å². The first kappa shape index (κ1) is 34.2. The first-order valence-electron chi connectivity index (χ1n) is 15.1. The van der Waals surface area contributed by atoms with Gasteiger partial charge in [-0.2, -0.15) is 0 Å². The van der Waals surface area contributed by atoms with Gasteiger partial charge in [-0.15, -0.1) is 0 Å². The Bertz CT molecular complexity index is 1350. The van der Waals surface area contributed by atoms with Crippen molar-refractivity contribution in [3.63, 3.8) is 0 Å². The van der Waals surface area contributed by atoms with Gasteiger partial charge in [-0.3, -0.25) is 29.5 Å². The predicted molar refractivity (Wildman–Crippen MR) is 163 cm³/mol. The van der Waals surface area contributed by atoms with Gasteiger partial charge < -0.3 is 25.6 Å². The topological polar surface area (TPSA) is 155 Å². The van der Waals surface area contributed by atoms with Crippen LogP contribution in [0.2, 0.25) is 5.02 Å². The van der Waals surface area contributed by atoms with E-state index >= 15 is 0 Å². The SMILES string of the molecule is CCC[C@H](NC(=O)[C@@H]1C[C@]2(C=C(c3cccc(Cl)c3)NO2)CN1C(=O)[C@@H](NC(=O)OCCF)C(C)(C)C)C(=O)C(=O)NC1CC1. The van der Waals surface area contributed by atoms with Gasteiger partial charge in [0.1, 0.15) is 31.0 Å². The van der Waals surface area contributed by atoms with Crippen molar-refractivity contribution >= 4 is 46.9 Å². The van der Waals surface area contributed by atoms with Gasteiger partial charge in [-0.1, -0.05) is 57.8 Å². The smallest absolute Gasteiger partial charge is 0.407 e. The molecule has 1 aliphatic carbocycles. The summed E-state index contributed by atoms with van der Waals surface area (Å²) in [6.07, 6.45) is 3.14. The lowest BCUT2D eigenvalue weighted by Crippen LogP contribution is -2.59. The van der Waals surface area contributed by atoms with Gasteiger partial charge in [0.2, 0.25) is 17.6 Å². The minimum atomic E-state index is -1.17. The van der Waals surface area contributed by atoms with Crippen LogP contribution in [0, 0.1) is 5.41 Å². The highest BCUT2D eigenvalue weighted by molar-refractivity contribution is 6.38. The lowest BCUT2D eigenvalue weighted by molar-refractivity contribution is -0.144. The van der Waals surface area contributed by atoms with Crippen molar-refractivity contribution in [2.75, 3.05) is 19.8 Å². The highest BCUT2D eigenvalue weighted by atomic mass is 35.5. The number of alkyl halides is 1. The number of rotatable bonds is 12. The van der Waals surface area contributed by atoms with Crippen molar-refractivity contribution in [3.05, 3.63) is 40.9 Å². The summed E-state index contributed by atoms with van der Waals surface area (Å²) < 4.78 is 17.5. The van der Waals surface area contributed by atoms with E-state index in [1.54, 1.807) is 45.0 Å². The van der Waals surface area contributed by atoms with E-state index in [1.165, 1.54) is 4.90 Å². The number of Topliss-reactive ketones (excluding diaryl/α,β-unsaturated/α-hetero) is 1. The molecule has 2 heterocycles. The molecule has 4 rings (SSSR count). The third-order valence-corrected chi connectivity index (χ3v) is 8.11. The minimum Gasteiger partial charge on any atom is -0.447 e. The molecule has 4 amide bonds. The fourth-order valence-electron chi connectivity index (χ4n) is 5.39. The van der Waals surface area contributed by atoms with Gasteiger partial charge in [0, 0.05) is 23.0 Å². The van der Waals surface area contributed by atoms with E-state index in [4.69, 9.17) is 21.2 Å². The van der Waals surface area contributed by atoms with E-state index in [-0.39, 0.29) is 25.4 Å². The number of nitrogens with zero attached hydrogens (tertiary/aromatic N) is 1. The molecule has 1 aromatic carbocycles. The third kappa shape index (κ3) is 8.51. The number of likely N-dealkylation sites (tertiary alicyclic amines) is 1. The van der Waals surface area contributed by atoms with E-state index in [0.717, 1.165) is 18.4 Å². The van der Waals surface area contributed by atoms with Crippen LogP contribution in [-0.4, -0.2) is 84.1 Å². The predicted octanol–water partition coefficient (Wildman–Crippen LogP) is 2.80. The summed E-state index contributed by atoms with van der Waals surface area (Å²) >= 11 is 6.18. The summed E-state index contributed by atoms with van der Waals surface area (Å²) in [4.78, 5) is 73.5. The van der Waals surface area contributed by atoms with Crippen molar-refractivity contribution in [2.24, 2.45) is 5.41 Å². The number of amides is 4. The molecule has 4 atom stereocenters. The van der Waals surface area contributed by atoms with Crippen molar-refractivity contribution in [2.45, 2.75) is 89.6 Å². The fourth-order valence-corrected chi connectivity index (χ4v) is 5.59. The summed E-state index contributed by atoms with van der Waals surface area (Å²) in [7, 11) is 0. The van der Waals surface area contributed by atoms with Crippen LogP contribution in [0.4, 0.5) is 9.18 Å². The normalized spacial score (nSPS) is 22.2. The Kier molecular flexibility index (Phi) is 10.7. The Morgan fingerprint density at radius 2 is 1.93 bits per heavy atom. The number of alkyl carbamates (subject to hydrolysis) is 1. The van der Waals surface area contributed by atoms with Gasteiger partial charge in [-0.25, -0.2) is 9.18 Å². The number of hydroxylamine groups is 1. The van der Waals surface area contributed by atoms with Crippen LogP contribution in [0.5, 0.6) is 0 Å². The van der Waals surface area contributed by atoms with Crippen LogP contribution in [0.1, 0.15) is 65.4 Å². The average Bonchev–Trinajstić information content (AvgIpc) is 3.58. The average molecular weight is 650 g/mol. The highest BCUT2D eigenvalue weighted by Gasteiger charge is 2.54. The Morgan fingerprint density at radius 1 is 1.20 bits per heavy atom. The molecule has 14 heteroatoms. The third-order valence-electron chi connectivity index (χ3n) is 7.88. The second-order valence-corrected chi connectivity index (χ2v) is 13.2. The zero-order chi connectivity index (χ0) is 32.9. The quantitative estimate of drug-likeness (QED) is 0.252. The Labute approximate surface area is 266 Å². The Morgan fingerprint density at radius 3 is 2.56 bits per heavy atom. The zero-order valence-corrected chi connectivity index (χ0v) is 26.7. The van der Waals surface area contributed by atoms with E-state index < -0.39 is 72.0 Å². The Balaban J connectivity index is 1.63. The summed E-state index contributed by atoms with van der Waals surface area (Å²) in [5.74, 6) is -2.76. The maximum Gasteiger partial charge on any atom is 0.407 e. The van der Waals surface area contributed by atoms with E-state index in [1.807, 2.05) is 13.0 Å². The fraction of sp³-hybridized carbons (Fsp3) is 0.581. The summed E-state index contributed by atoms with van der Waals surface area (Å²) in [6.45, 7) is 5.56. The molecule has 1 saturated heterocycles. The van der Waals surface area contributed by atoms with Crippen LogP contribution in [0.25, 0.3) is 5.70 Å². The number of ether oxygens (including phenoxy) is 1. The summed E-state index contributed by atoms with van der Waals surface area (Å²) in [5.41, 5.74) is 2.20. The van der Waals surface area contributed by atoms with Crippen molar-refractivity contribution in [1.29, 1.82) is 0 Å². The maximum absolute atomic E-state index is 14.2. The molecule has 1 aromatic rings. The number of carbonyl (C=O) groups is 5. The first-order chi connectivity index (χ1) is 21.3. The van der Waals surface area contributed by atoms with E-state index in [9.17, 15) is 28.4 Å². The minimum absolute atomic E-state index is 0.00606. The van der Waals surface area contributed by atoms with Gasteiger partial charge >= 0.3 is 6.09 Å². The van der Waals surface area contributed by atoms with Crippen LogP contribution < -0.4 is 21.4 Å². The van der Waals surface area contributed by atoms with Gasteiger partial charge in [0.15, 0.2) is 0 Å². The van der Waals surface area contributed by atoms with Gasteiger partial charge in [0.25, 0.3) is 5.91 Å². The molecule has 12 nitrogen and oxygen atoms in total. The van der Waals surface area contributed by atoms with E-state index in [0.29, 0.717) is 17.1 Å². The molecule has 0 radical (unpaired) electrons. The number of hydrogen-bond donors (Lipinski definition) is 4. The second kappa shape index (κ2) is 14.2. The number of benzene rings is 1. The summed E-state index contributed by atoms with van der Waals surface area (Å²) in [6, 6.07) is 3.63. The first-order valence-corrected chi connectivity index (χ1v) is 15.5. The summed E-state index contributed by atoms with van der Waals surface area (Å²) in [5, 5.41) is 8.41. The number of ketones is 1. The van der Waals surface area contributed by atoms with Crippen molar-refractivity contribution in [3.8, 4) is 0 Å². The molecule has 0 bridgehead atoms. The molecular weight excluding hydrogens is 609 g/mol. The largest absolute Gasteiger partial charge is 0.447 e. The molecule has 1 saturated carbocycles. The number of carbonyl (C=O) groups excluding carboxylic acids is 5. The molecule has 4 N–H and O–H groups in total. The molecule has 0 aromatic heterocycles. The van der Waals surface area contributed by atoms with Gasteiger partial charge in [-0.05, 0) is 42.9 Å². The molecule has 0 unspecified atom stereocenters. The molecule has 45 heavy (non-hydrogen) atoms. The number of halogens is 2. The van der Waals surface area contributed by atoms with Crippen molar-refractivity contribution < 1.29 is 37.9 Å². The molecule has 2 aliphatic heterocycles. The molecule has 1 spiro atoms. The number of nitrogens with one attached hydrogen (secondary N) is 4. The zero-order valence-electron chi connectivity index (χ0n) is 25.9. The molecular formula is C31H41ClFN5O7. The molecule has 2 fully saturated rings. The monoisotopic (exact) mass is 649 g/mol. The highest BCUT2D eigenvalue weighted by Crippen LogP contribution is 2.39. The molecule has 3 aliphatic rings. The van der Waals surface area contributed by atoms with Crippen LogP contribution in [-0.2, 0) is 28.8 Å². The molecule has 246 valence electrons. The Hall–Kier alpha value is -3.71. The maximum atomic E-state index is 14.2. The van der Waals surface area contributed by atoms with Crippen molar-refractivity contribution in [1.82, 2.24) is 26.3 Å². The lowest BCUT2D eigenvalue weighted by atomic mass is 9.85. The standard InChI is InChI=1S/C31H41ClFN5O7/c1-5-7-21(24(39)27(41)34-20-10-11-20)35-26(40)23-16-31(15-22(37-45-31)18-8-6-9-19(32)14-18)17-38(23)28(42)25(30(2,3)4)36-29(43)44-13-12-33/h6,8-9,14-15,20-21,23,25,37H,5,7,10-13,16-17H2,1-4H3,(H,34,41)(H,35,40)(H,36,43)/t21-,23-,25+,31+/m0/s1.